The maximum Gasteiger partial charge on any atom is 0.123 e. The van der Waals surface area contributed by atoms with Crippen LogP contribution in [-0.4, -0.2) is 39.5 Å². The second-order valence-electron chi connectivity index (χ2n) is 5.42. The average Bonchev–Trinajstić information content (AvgIpc) is 3.08. The van der Waals surface area contributed by atoms with E-state index >= 15 is 0 Å². The molecule has 0 amide bonds. The third kappa shape index (κ3) is 2.15. The van der Waals surface area contributed by atoms with Crippen molar-refractivity contribution in [3.8, 4) is 10.6 Å². The van der Waals surface area contributed by atoms with E-state index < -0.39 is 0 Å². The van der Waals surface area contributed by atoms with Crippen molar-refractivity contribution < 1.29 is 0 Å². The SMILES string of the molecule is Brc1csc(-c2cn([C@H]3CN4CCC3CC4)nn2)c1. The predicted molar refractivity (Wildman–Crippen MR) is 79.2 cm³/mol. The number of aromatic nitrogens is 3. The molecule has 0 unspecified atom stereocenters. The summed E-state index contributed by atoms with van der Waals surface area (Å²) >= 11 is 5.19. The molecule has 0 radical (unpaired) electrons. The Morgan fingerprint density at radius 2 is 2.16 bits per heavy atom. The van der Waals surface area contributed by atoms with E-state index in [9.17, 15) is 0 Å². The number of rotatable bonds is 2. The Morgan fingerprint density at radius 1 is 1.32 bits per heavy atom. The van der Waals surface area contributed by atoms with Gasteiger partial charge in [-0.05, 0) is 53.8 Å². The zero-order chi connectivity index (χ0) is 12.8. The number of piperidine rings is 3. The quantitative estimate of drug-likeness (QED) is 0.843. The van der Waals surface area contributed by atoms with Crippen molar-refractivity contribution in [3.05, 3.63) is 22.1 Å². The topological polar surface area (TPSA) is 34.0 Å². The fourth-order valence-corrected chi connectivity index (χ4v) is 4.61. The van der Waals surface area contributed by atoms with Gasteiger partial charge in [0, 0.05) is 16.4 Å². The highest BCUT2D eigenvalue weighted by atomic mass is 79.9. The second-order valence-corrected chi connectivity index (χ2v) is 7.25. The summed E-state index contributed by atoms with van der Waals surface area (Å²) in [7, 11) is 0. The molecule has 2 bridgehead atoms. The molecule has 4 nitrogen and oxygen atoms in total. The van der Waals surface area contributed by atoms with Gasteiger partial charge in [-0.25, -0.2) is 4.68 Å². The molecule has 5 rings (SSSR count). The molecule has 0 aliphatic carbocycles. The fraction of sp³-hybridized carbons (Fsp3) is 0.538. The van der Waals surface area contributed by atoms with E-state index in [2.05, 4.69) is 53.5 Å². The van der Waals surface area contributed by atoms with E-state index in [1.54, 1.807) is 11.3 Å². The first-order valence-corrected chi connectivity index (χ1v) is 8.35. The Hall–Kier alpha value is -0.720. The third-order valence-electron chi connectivity index (χ3n) is 4.29. The minimum absolute atomic E-state index is 0.521. The molecule has 1 atom stereocenters. The van der Waals surface area contributed by atoms with E-state index in [1.807, 2.05) is 0 Å². The molecular weight excluding hydrogens is 324 g/mol. The zero-order valence-corrected chi connectivity index (χ0v) is 12.9. The number of hydrogen-bond donors (Lipinski definition) is 0. The lowest BCUT2D eigenvalue weighted by Gasteiger charge is -2.44. The van der Waals surface area contributed by atoms with Crippen LogP contribution < -0.4 is 0 Å². The van der Waals surface area contributed by atoms with Crippen LogP contribution in [0.5, 0.6) is 0 Å². The summed E-state index contributed by atoms with van der Waals surface area (Å²) in [5.41, 5.74) is 0.993. The van der Waals surface area contributed by atoms with Gasteiger partial charge in [-0.15, -0.1) is 16.4 Å². The average molecular weight is 339 g/mol. The molecule has 6 heteroatoms. The molecule has 3 aliphatic heterocycles. The molecule has 3 fully saturated rings. The summed E-state index contributed by atoms with van der Waals surface area (Å²) < 4.78 is 3.21. The number of hydrogen-bond acceptors (Lipinski definition) is 4. The molecular formula is C13H15BrN4S. The fourth-order valence-electron chi connectivity index (χ4n) is 3.23. The molecule has 19 heavy (non-hydrogen) atoms. The Labute approximate surface area is 124 Å². The van der Waals surface area contributed by atoms with Crippen LogP contribution >= 0.6 is 27.3 Å². The minimum Gasteiger partial charge on any atom is -0.301 e. The molecule has 0 saturated carbocycles. The highest BCUT2D eigenvalue weighted by Crippen LogP contribution is 2.36. The summed E-state index contributed by atoms with van der Waals surface area (Å²) in [5.74, 6) is 0.787. The number of thiophene rings is 1. The number of fused-ring (bicyclic) bond motifs is 3. The molecule has 3 aliphatic rings. The standard InChI is InChI=1S/C13H15BrN4S/c14-10-5-13(19-8-10)11-6-18(16-15-11)12-7-17-3-1-9(12)2-4-17/h5-6,8-9,12H,1-4,7H2/t12-/m0/s1. The lowest BCUT2D eigenvalue weighted by atomic mass is 9.84. The third-order valence-corrected chi connectivity index (χ3v) is 6.01. The molecule has 2 aromatic heterocycles. The van der Waals surface area contributed by atoms with E-state index in [-0.39, 0.29) is 0 Å². The summed E-state index contributed by atoms with van der Waals surface area (Å²) in [6.45, 7) is 3.67. The van der Waals surface area contributed by atoms with Gasteiger partial charge in [-0.1, -0.05) is 5.21 Å². The normalized spacial score (nSPS) is 29.8. The largest absolute Gasteiger partial charge is 0.301 e. The predicted octanol–water partition coefficient (Wildman–Crippen LogP) is 3.04. The Bertz CT molecular complexity index is 585. The van der Waals surface area contributed by atoms with Crippen molar-refractivity contribution in [3.63, 3.8) is 0 Å². The van der Waals surface area contributed by atoms with Crippen molar-refractivity contribution in [2.45, 2.75) is 18.9 Å². The van der Waals surface area contributed by atoms with Gasteiger partial charge in [0.1, 0.15) is 5.69 Å². The van der Waals surface area contributed by atoms with Crippen LogP contribution in [0.2, 0.25) is 0 Å². The van der Waals surface area contributed by atoms with E-state index in [4.69, 9.17) is 0 Å². The van der Waals surface area contributed by atoms with Crippen molar-refractivity contribution in [2.75, 3.05) is 19.6 Å². The minimum atomic E-state index is 0.521. The van der Waals surface area contributed by atoms with Crippen molar-refractivity contribution >= 4 is 27.3 Å². The summed E-state index contributed by atoms with van der Waals surface area (Å²) in [4.78, 5) is 3.73. The van der Waals surface area contributed by atoms with Gasteiger partial charge in [-0.2, -0.15) is 0 Å². The lowest BCUT2D eigenvalue weighted by Crippen LogP contribution is -2.48. The van der Waals surface area contributed by atoms with Gasteiger partial charge >= 0.3 is 0 Å². The summed E-state index contributed by atoms with van der Waals surface area (Å²) in [6.07, 6.45) is 4.74. The summed E-state index contributed by atoms with van der Waals surface area (Å²) in [6, 6.07) is 2.63. The maximum atomic E-state index is 4.38. The summed E-state index contributed by atoms with van der Waals surface area (Å²) in [5, 5.41) is 10.8. The zero-order valence-electron chi connectivity index (χ0n) is 10.5. The number of nitrogens with zero attached hydrogens (tertiary/aromatic N) is 4. The molecule has 3 saturated heterocycles. The first kappa shape index (κ1) is 12.1. The molecule has 2 aromatic rings. The Morgan fingerprint density at radius 3 is 2.79 bits per heavy atom. The van der Waals surface area contributed by atoms with Crippen molar-refractivity contribution in [1.29, 1.82) is 0 Å². The molecule has 100 valence electrons. The molecule has 0 aromatic carbocycles. The van der Waals surface area contributed by atoms with Gasteiger partial charge in [-0.3, -0.25) is 0 Å². The van der Waals surface area contributed by atoms with Gasteiger partial charge < -0.3 is 4.90 Å². The van der Waals surface area contributed by atoms with Crippen LogP contribution in [-0.2, 0) is 0 Å². The first-order valence-electron chi connectivity index (χ1n) is 6.68. The first-order chi connectivity index (χ1) is 9.29. The van der Waals surface area contributed by atoms with Crippen molar-refractivity contribution in [2.24, 2.45) is 5.92 Å². The van der Waals surface area contributed by atoms with E-state index in [0.29, 0.717) is 6.04 Å². The maximum absolute atomic E-state index is 4.38. The Balaban J connectivity index is 1.61. The van der Waals surface area contributed by atoms with E-state index in [1.165, 1.54) is 30.8 Å². The monoisotopic (exact) mass is 338 g/mol. The van der Waals surface area contributed by atoms with Crippen LogP contribution in [0.3, 0.4) is 0 Å². The molecule has 0 N–H and O–H groups in total. The molecule has 0 spiro atoms. The van der Waals surface area contributed by atoms with Gasteiger partial charge in [0.25, 0.3) is 0 Å². The van der Waals surface area contributed by atoms with Crippen LogP contribution in [0.1, 0.15) is 18.9 Å². The Kier molecular flexibility index (Phi) is 2.97. The molecule has 5 heterocycles. The van der Waals surface area contributed by atoms with E-state index in [0.717, 1.165) is 22.6 Å². The van der Waals surface area contributed by atoms with Gasteiger partial charge in [0.05, 0.1) is 17.1 Å². The highest BCUT2D eigenvalue weighted by molar-refractivity contribution is 9.10. The van der Waals surface area contributed by atoms with Gasteiger partial charge in [0.2, 0.25) is 0 Å². The van der Waals surface area contributed by atoms with Crippen molar-refractivity contribution in [1.82, 2.24) is 19.9 Å². The second kappa shape index (κ2) is 4.68. The smallest absolute Gasteiger partial charge is 0.123 e. The van der Waals surface area contributed by atoms with Crippen LogP contribution in [0.25, 0.3) is 10.6 Å². The van der Waals surface area contributed by atoms with Crippen LogP contribution in [0.15, 0.2) is 22.1 Å². The number of halogens is 1. The lowest BCUT2D eigenvalue weighted by molar-refractivity contribution is 0.0504. The van der Waals surface area contributed by atoms with Gasteiger partial charge in [0.15, 0.2) is 0 Å². The highest BCUT2D eigenvalue weighted by Gasteiger charge is 2.35. The van der Waals surface area contributed by atoms with Crippen LogP contribution in [0, 0.1) is 5.92 Å². The van der Waals surface area contributed by atoms with Crippen LogP contribution in [0.4, 0.5) is 0 Å².